The summed E-state index contributed by atoms with van der Waals surface area (Å²) in [6, 6.07) is 2.18. The van der Waals surface area contributed by atoms with E-state index in [1.54, 1.807) is 11.3 Å². The van der Waals surface area contributed by atoms with Crippen molar-refractivity contribution in [2.45, 2.75) is 26.2 Å². The standard InChI is InChI=1S/C14H21N5OS/c1-2-10-6-11-12(16-14(18-15)17-13(11)21-10)19-5-3-4-9(7-19)8-20/h6,9,20H,2-5,7-8,15H2,1H3,(H,16,17,18). The Morgan fingerprint density at radius 2 is 2.38 bits per heavy atom. The molecule has 0 amide bonds. The molecule has 0 aliphatic carbocycles. The lowest BCUT2D eigenvalue weighted by Gasteiger charge is -2.33. The Bertz CT molecular complexity index is 629. The maximum atomic E-state index is 9.42. The number of nitrogens with two attached hydrogens (primary N) is 1. The van der Waals surface area contributed by atoms with E-state index in [4.69, 9.17) is 5.84 Å². The fourth-order valence-electron chi connectivity index (χ4n) is 2.84. The van der Waals surface area contributed by atoms with Crippen molar-refractivity contribution in [2.24, 2.45) is 11.8 Å². The maximum Gasteiger partial charge on any atom is 0.240 e. The second-order valence-corrected chi connectivity index (χ2v) is 6.55. The highest BCUT2D eigenvalue weighted by molar-refractivity contribution is 7.18. The van der Waals surface area contributed by atoms with Gasteiger partial charge in [0.1, 0.15) is 10.6 Å². The Balaban J connectivity index is 2.04. The van der Waals surface area contributed by atoms with E-state index in [-0.39, 0.29) is 6.61 Å². The highest BCUT2D eigenvalue weighted by Crippen LogP contribution is 2.34. The van der Waals surface area contributed by atoms with Crippen LogP contribution in [0.4, 0.5) is 11.8 Å². The third kappa shape index (κ3) is 2.81. The molecule has 0 spiro atoms. The topological polar surface area (TPSA) is 87.3 Å². The van der Waals surface area contributed by atoms with Gasteiger partial charge in [-0.25, -0.2) is 10.8 Å². The molecule has 1 saturated heterocycles. The summed E-state index contributed by atoms with van der Waals surface area (Å²) >= 11 is 1.69. The Kier molecular flexibility index (Phi) is 4.23. The molecule has 0 bridgehead atoms. The van der Waals surface area contributed by atoms with E-state index in [0.29, 0.717) is 11.9 Å². The summed E-state index contributed by atoms with van der Waals surface area (Å²) < 4.78 is 0. The minimum Gasteiger partial charge on any atom is -0.396 e. The van der Waals surface area contributed by atoms with E-state index >= 15 is 0 Å². The second-order valence-electron chi connectivity index (χ2n) is 5.44. The van der Waals surface area contributed by atoms with E-state index in [2.05, 4.69) is 33.3 Å². The van der Waals surface area contributed by atoms with E-state index in [9.17, 15) is 5.11 Å². The first-order valence-electron chi connectivity index (χ1n) is 7.38. The minimum atomic E-state index is 0.233. The van der Waals surface area contributed by atoms with Crippen LogP contribution in [0.5, 0.6) is 0 Å². The van der Waals surface area contributed by atoms with Gasteiger partial charge in [-0.3, -0.25) is 5.43 Å². The zero-order valence-electron chi connectivity index (χ0n) is 12.2. The van der Waals surface area contributed by atoms with Crippen molar-refractivity contribution >= 4 is 33.3 Å². The van der Waals surface area contributed by atoms with Crippen molar-refractivity contribution in [2.75, 3.05) is 30.0 Å². The van der Waals surface area contributed by atoms with Crippen LogP contribution in [0, 0.1) is 5.92 Å². The highest BCUT2D eigenvalue weighted by Gasteiger charge is 2.23. The van der Waals surface area contributed by atoms with Crippen molar-refractivity contribution in [3.8, 4) is 0 Å². The largest absolute Gasteiger partial charge is 0.396 e. The quantitative estimate of drug-likeness (QED) is 0.589. The molecule has 1 unspecified atom stereocenters. The molecule has 6 nitrogen and oxygen atoms in total. The predicted molar refractivity (Wildman–Crippen MR) is 86.6 cm³/mol. The third-order valence-electron chi connectivity index (χ3n) is 3.98. The normalized spacial score (nSPS) is 19.2. The van der Waals surface area contributed by atoms with Gasteiger partial charge >= 0.3 is 0 Å². The van der Waals surface area contributed by atoms with Crippen molar-refractivity contribution < 1.29 is 5.11 Å². The zero-order chi connectivity index (χ0) is 14.8. The molecule has 2 aromatic rings. The molecule has 114 valence electrons. The average Bonchev–Trinajstić information content (AvgIpc) is 2.96. The van der Waals surface area contributed by atoms with Crippen molar-refractivity contribution in [1.82, 2.24) is 9.97 Å². The SMILES string of the molecule is CCc1cc2c(N3CCCC(CO)C3)nc(NN)nc2s1. The molecular formula is C14H21N5OS. The highest BCUT2D eigenvalue weighted by atomic mass is 32.1. The number of aryl methyl sites for hydroxylation is 1. The molecule has 1 atom stereocenters. The minimum absolute atomic E-state index is 0.233. The second kappa shape index (κ2) is 6.13. The molecule has 0 saturated carbocycles. The van der Waals surface area contributed by atoms with Gasteiger partial charge < -0.3 is 10.0 Å². The fraction of sp³-hybridized carbons (Fsp3) is 0.571. The Morgan fingerprint density at radius 1 is 1.52 bits per heavy atom. The maximum absolute atomic E-state index is 9.42. The Morgan fingerprint density at radius 3 is 3.10 bits per heavy atom. The number of piperidine rings is 1. The van der Waals surface area contributed by atoms with Gasteiger partial charge in [0, 0.05) is 24.6 Å². The molecule has 3 rings (SSSR count). The molecule has 0 radical (unpaired) electrons. The number of fused-ring (bicyclic) bond motifs is 1. The first-order valence-corrected chi connectivity index (χ1v) is 8.19. The van der Waals surface area contributed by atoms with Crippen LogP contribution in [0.15, 0.2) is 6.07 Å². The number of rotatable bonds is 4. The number of aliphatic hydroxyl groups excluding tert-OH is 1. The van der Waals surface area contributed by atoms with Gasteiger partial charge in [-0.1, -0.05) is 6.92 Å². The smallest absolute Gasteiger partial charge is 0.240 e. The average molecular weight is 307 g/mol. The van der Waals surface area contributed by atoms with Crippen LogP contribution in [-0.4, -0.2) is 34.8 Å². The Hall–Kier alpha value is -1.44. The number of nitrogen functional groups attached to an aromatic ring is 1. The molecule has 1 aliphatic rings. The predicted octanol–water partition coefficient (Wildman–Crippen LogP) is 1.75. The van der Waals surface area contributed by atoms with Crippen LogP contribution in [-0.2, 0) is 6.42 Å². The third-order valence-corrected chi connectivity index (χ3v) is 5.15. The van der Waals surface area contributed by atoms with Gasteiger partial charge in [-0.15, -0.1) is 11.3 Å². The van der Waals surface area contributed by atoms with E-state index < -0.39 is 0 Å². The van der Waals surface area contributed by atoms with Crippen LogP contribution < -0.4 is 16.2 Å². The Labute approximate surface area is 128 Å². The summed E-state index contributed by atoms with van der Waals surface area (Å²) in [5.74, 6) is 7.21. The molecule has 1 aliphatic heterocycles. The van der Waals surface area contributed by atoms with Crippen LogP contribution in [0.2, 0.25) is 0 Å². The van der Waals surface area contributed by atoms with Crippen molar-refractivity contribution in [3.63, 3.8) is 0 Å². The van der Waals surface area contributed by atoms with E-state index in [0.717, 1.165) is 48.4 Å². The van der Waals surface area contributed by atoms with Crippen molar-refractivity contribution in [1.29, 1.82) is 0 Å². The van der Waals surface area contributed by atoms with Crippen LogP contribution in [0.3, 0.4) is 0 Å². The molecule has 7 heteroatoms. The van der Waals surface area contributed by atoms with Gasteiger partial charge in [-0.05, 0) is 31.2 Å². The molecular weight excluding hydrogens is 286 g/mol. The number of aliphatic hydroxyl groups is 1. The number of nitrogens with one attached hydrogen (secondary N) is 1. The summed E-state index contributed by atoms with van der Waals surface area (Å²) in [6.45, 7) is 4.17. The number of anilines is 2. The molecule has 4 N–H and O–H groups in total. The zero-order valence-corrected chi connectivity index (χ0v) is 13.0. The number of hydrogen-bond donors (Lipinski definition) is 3. The van der Waals surface area contributed by atoms with Crippen LogP contribution in [0.25, 0.3) is 10.2 Å². The number of aromatic nitrogens is 2. The summed E-state index contributed by atoms with van der Waals surface area (Å²) in [7, 11) is 0. The van der Waals surface area contributed by atoms with Gasteiger partial charge in [0.2, 0.25) is 5.95 Å². The fourth-order valence-corrected chi connectivity index (χ4v) is 3.80. The van der Waals surface area contributed by atoms with E-state index in [1.165, 1.54) is 4.88 Å². The number of thiophene rings is 1. The summed E-state index contributed by atoms with van der Waals surface area (Å²) in [5.41, 5.74) is 2.56. The van der Waals surface area contributed by atoms with Crippen LogP contribution >= 0.6 is 11.3 Å². The molecule has 0 aromatic carbocycles. The number of hydrazine groups is 1. The van der Waals surface area contributed by atoms with Crippen molar-refractivity contribution in [3.05, 3.63) is 10.9 Å². The molecule has 21 heavy (non-hydrogen) atoms. The van der Waals surface area contributed by atoms with E-state index in [1.807, 2.05) is 0 Å². The van der Waals surface area contributed by atoms with Gasteiger partial charge in [0.05, 0.1) is 5.39 Å². The first kappa shape index (κ1) is 14.5. The lowest BCUT2D eigenvalue weighted by atomic mass is 9.99. The van der Waals surface area contributed by atoms with Gasteiger partial charge in [0.25, 0.3) is 0 Å². The summed E-state index contributed by atoms with van der Waals surface area (Å²) in [6.07, 6.45) is 3.14. The lowest BCUT2D eigenvalue weighted by molar-refractivity contribution is 0.208. The molecule has 2 aromatic heterocycles. The number of hydrogen-bond acceptors (Lipinski definition) is 7. The van der Waals surface area contributed by atoms with Gasteiger partial charge in [0.15, 0.2) is 0 Å². The summed E-state index contributed by atoms with van der Waals surface area (Å²) in [5, 5.41) is 10.5. The van der Waals surface area contributed by atoms with Crippen LogP contribution in [0.1, 0.15) is 24.6 Å². The number of nitrogens with zero attached hydrogens (tertiary/aromatic N) is 3. The lowest BCUT2D eigenvalue weighted by Crippen LogP contribution is -2.37. The van der Waals surface area contributed by atoms with Gasteiger partial charge in [-0.2, -0.15) is 4.98 Å². The first-order chi connectivity index (χ1) is 10.2. The monoisotopic (exact) mass is 307 g/mol. The molecule has 1 fully saturated rings. The molecule has 3 heterocycles. The summed E-state index contributed by atoms with van der Waals surface area (Å²) in [4.78, 5) is 13.5.